The summed E-state index contributed by atoms with van der Waals surface area (Å²) < 4.78 is 3.03. The van der Waals surface area contributed by atoms with E-state index in [9.17, 15) is 9.59 Å². The van der Waals surface area contributed by atoms with E-state index in [1.807, 2.05) is 12.1 Å². The fraction of sp³-hybridized carbons (Fsp3) is 0.286. The monoisotopic (exact) mass is 275 g/mol. The van der Waals surface area contributed by atoms with Gasteiger partial charge in [-0.25, -0.2) is 4.79 Å². The van der Waals surface area contributed by atoms with Gasteiger partial charge in [0.2, 0.25) is 0 Å². The molecule has 0 saturated carbocycles. The minimum atomic E-state index is -0.854. The van der Waals surface area contributed by atoms with E-state index in [-0.39, 0.29) is 18.2 Å². The lowest BCUT2D eigenvalue weighted by atomic mass is 10.0. The molecule has 106 valence electrons. The van der Waals surface area contributed by atoms with Gasteiger partial charge in [0.05, 0.1) is 5.69 Å². The van der Waals surface area contributed by atoms with Gasteiger partial charge in [-0.2, -0.15) is 0 Å². The van der Waals surface area contributed by atoms with Crippen LogP contribution in [0, 0.1) is 0 Å². The lowest BCUT2D eigenvalue weighted by Crippen LogP contribution is -2.20. The minimum absolute atomic E-state index is 0.0427. The van der Waals surface area contributed by atoms with Crippen molar-refractivity contribution in [1.82, 2.24) is 9.13 Å². The quantitative estimate of drug-likeness (QED) is 0.853. The standard InChI is InChI=1S/C14H17N3O3/c1-16-8-9-17(14(16)20)11-4-2-10(3-5-11)12(15)6-7-13(18)19/h2-5,8-9,12H,6-7,15H2,1H3,(H,18,19). The number of imidazole rings is 1. The second-order valence-electron chi connectivity index (χ2n) is 4.69. The molecule has 0 saturated heterocycles. The van der Waals surface area contributed by atoms with Gasteiger partial charge in [-0.05, 0) is 24.1 Å². The van der Waals surface area contributed by atoms with Crippen LogP contribution >= 0.6 is 0 Å². The van der Waals surface area contributed by atoms with Crippen molar-refractivity contribution >= 4 is 5.97 Å². The van der Waals surface area contributed by atoms with Gasteiger partial charge in [-0.15, -0.1) is 0 Å². The van der Waals surface area contributed by atoms with Gasteiger partial charge >= 0.3 is 11.7 Å². The number of carboxylic acid groups (broad SMARTS) is 1. The van der Waals surface area contributed by atoms with E-state index in [0.29, 0.717) is 6.42 Å². The first kappa shape index (κ1) is 14.1. The Balaban J connectivity index is 2.16. The molecule has 1 unspecified atom stereocenters. The van der Waals surface area contributed by atoms with Gasteiger partial charge in [0.15, 0.2) is 0 Å². The Labute approximate surface area is 116 Å². The number of carbonyl (C=O) groups is 1. The maximum Gasteiger partial charge on any atom is 0.332 e. The first-order valence-corrected chi connectivity index (χ1v) is 6.30. The summed E-state index contributed by atoms with van der Waals surface area (Å²) in [5.41, 5.74) is 7.43. The van der Waals surface area contributed by atoms with Gasteiger partial charge in [-0.3, -0.25) is 9.36 Å². The summed E-state index contributed by atoms with van der Waals surface area (Å²) in [6.45, 7) is 0. The van der Waals surface area contributed by atoms with Crippen molar-refractivity contribution in [2.24, 2.45) is 12.8 Å². The van der Waals surface area contributed by atoms with E-state index in [4.69, 9.17) is 10.8 Å². The van der Waals surface area contributed by atoms with Crippen molar-refractivity contribution in [2.75, 3.05) is 0 Å². The highest BCUT2D eigenvalue weighted by Gasteiger charge is 2.09. The van der Waals surface area contributed by atoms with E-state index >= 15 is 0 Å². The Morgan fingerprint density at radius 2 is 1.95 bits per heavy atom. The SMILES string of the molecule is Cn1ccn(-c2ccc(C(N)CCC(=O)O)cc2)c1=O. The van der Waals surface area contributed by atoms with E-state index in [0.717, 1.165) is 11.3 Å². The molecular weight excluding hydrogens is 258 g/mol. The summed E-state index contributed by atoms with van der Waals surface area (Å²) in [5.74, 6) is -0.854. The number of benzene rings is 1. The fourth-order valence-electron chi connectivity index (χ4n) is 1.99. The van der Waals surface area contributed by atoms with Crippen molar-refractivity contribution in [3.63, 3.8) is 0 Å². The van der Waals surface area contributed by atoms with Crippen LogP contribution in [0.2, 0.25) is 0 Å². The van der Waals surface area contributed by atoms with Crippen molar-refractivity contribution in [3.8, 4) is 5.69 Å². The van der Waals surface area contributed by atoms with Crippen LogP contribution in [0.5, 0.6) is 0 Å². The van der Waals surface area contributed by atoms with Crippen LogP contribution in [0.25, 0.3) is 5.69 Å². The summed E-state index contributed by atoms with van der Waals surface area (Å²) in [6.07, 6.45) is 3.82. The number of nitrogens with two attached hydrogens (primary N) is 1. The smallest absolute Gasteiger partial charge is 0.332 e. The van der Waals surface area contributed by atoms with Crippen LogP contribution in [0.1, 0.15) is 24.4 Å². The van der Waals surface area contributed by atoms with Crippen molar-refractivity contribution in [2.45, 2.75) is 18.9 Å². The largest absolute Gasteiger partial charge is 0.481 e. The van der Waals surface area contributed by atoms with Gasteiger partial charge in [0, 0.05) is 31.9 Å². The molecule has 20 heavy (non-hydrogen) atoms. The summed E-state index contributed by atoms with van der Waals surface area (Å²) in [6, 6.07) is 6.93. The number of carboxylic acids is 1. The molecule has 1 heterocycles. The predicted molar refractivity (Wildman–Crippen MR) is 74.8 cm³/mol. The molecule has 1 atom stereocenters. The minimum Gasteiger partial charge on any atom is -0.481 e. The summed E-state index contributed by atoms with van der Waals surface area (Å²) >= 11 is 0. The van der Waals surface area contributed by atoms with Crippen LogP contribution in [-0.4, -0.2) is 20.2 Å². The van der Waals surface area contributed by atoms with E-state index in [2.05, 4.69) is 0 Å². The third kappa shape index (κ3) is 2.97. The highest BCUT2D eigenvalue weighted by Crippen LogP contribution is 2.17. The molecule has 2 aromatic rings. The maximum absolute atomic E-state index is 11.8. The average molecular weight is 275 g/mol. The number of hydrogen-bond acceptors (Lipinski definition) is 3. The molecule has 6 heteroatoms. The van der Waals surface area contributed by atoms with Gasteiger partial charge in [0.1, 0.15) is 0 Å². The topological polar surface area (TPSA) is 90.2 Å². The first-order valence-electron chi connectivity index (χ1n) is 6.30. The molecule has 0 bridgehead atoms. The Hall–Kier alpha value is -2.34. The van der Waals surface area contributed by atoms with Gasteiger partial charge in [-0.1, -0.05) is 12.1 Å². The predicted octanol–water partition coefficient (Wildman–Crippen LogP) is 1.04. The zero-order valence-corrected chi connectivity index (χ0v) is 11.2. The first-order chi connectivity index (χ1) is 9.49. The Bertz CT molecular complexity index is 655. The molecule has 6 nitrogen and oxygen atoms in total. The number of hydrogen-bond donors (Lipinski definition) is 2. The molecule has 0 aliphatic heterocycles. The zero-order valence-electron chi connectivity index (χ0n) is 11.2. The van der Waals surface area contributed by atoms with Crippen molar-refractivity contribution in [1.29, 1.82) is 0 Å². The molecule has 1 aromatic carbocycles. The van der Waals surface area contributed by atoms with Crippen LogP contribution in [0.4, 0.5) is 0 Å². The molecule has 3 N–H and O–H groups in total. The maximum atomic E-state index is 11.8. The van der Waals surface area contributed by atoms with E-state index in [1.54, 1.807) is 31.6 Å². The lowest BCUT2D eigenvalue weighted by molar-refractivity contribution is -0.137. The third-order valence-corrected chi connectivity index (χ3v) is 3.22. The highest BCUT2D eigenvalue weighted by atomic mass is 16.4. The molecule has 0 aliphatic carbocycles. The second-order valence-corrected chi connectivity index (χ2v) is 4.69. The normalized spacial score (nSPS) is 12.3. The summed E-state index contributed by atoms with van der Waals surface area (Å²) in [4.78, 5) is 22.3. The number of aliphatic carboxylic acids is 1. The van der Waals surface area contributed by atoms with Crippen LogP contribution in [-0.2, 0) is 11.8 Å². The molecule has 0 radical (unpaired) electrons. The van der Waals surface area contributed by atoms with Crippen LogP contribution in [0.15, 0.2) is 41.5 Å². The third-order valence-electron chi connectivity index (χ3n) is 3.22. The van der Waals surface area contributed by atoms with Crippen LogP contribution < -0.4 is 11.4 Å². The van der Waals surface area contributed by atoms with E-state index < -0.39 is 5.97 Å². The Morgan fingerprint density at radius 3 is 2.45 bits per heavy atom. The average Bonchev–Trinajstić information content (AvgIpc) is 2.76. The Morgan fingerprint density at radius 1 is 1.30 bits per heavy atom. The Kier molecular flexibility index (Phi) is 4.05. The molecule has 0 aliphatic rings. The van der Waals surface area contributed by atoms with E-state index in [1.165, 1.54) is 9.13 Å². The molecule has 0 amide bonds. The fourth-order valence-corrected chi connectivity index (χ4v) is 1.99. The lowest BCUT2D eigenvalue weighted by Gasteiger charge is -2.11. The van der Waals surface area contributed by atoms with Gasteiger partial charge < -0.3 is 15.4 Å². The summed E-state index contributed by atoms with van der Waals surface area (Å²) in [7, 11) is 1.69. The van der Waals surface area contributed by atoms with Crippen LogP contribution in [0.3, 0.4) is 0 Å². The molecule has 2 rings (SSSR count). The summed E-state index contributed by atoms with van der Waals surface area (Å²) in [5, 5.41) is 8.64. The van der Waals surface area contributed by atoms with Crippen molar-refractivity contribution in [3.05, 3.63) is 52.7 Å². The zero-order chi connectivity index (χ0) is 14.7. The number of aromatic nitrogens is 2. The number of nitrogens with zero attached hydrogens (tertiary/aromatic N) is 2. The number of rotatable bonds is 5. The molecule has 1 aromatic heterocycles. The van der Waals surface area contributed by atoms with Crippen molar-refractivity contribution < 1.29 is 9.90 Å². The number of aryl methyl sites for hydroxylation is 1. The van der Waals surface area contributed by atoms with Gasteiger partial charge in [0.25, 0.3) is 0 Å². The molecular formula is C14H17N3O3. The second kappa shape index (κ2) is 5.75. The highest BCUT2D eigenvalue weighted by molar-refractivity contribution is 5.66. The molecule has 0 spiro atoms. The molecule has 0 fully saturated rings.